The molecule has 8 heavy (non-hydrogen) atoms. The fraction of sp³-hybridized carbons (Fsp3) is 1.00. The summed E-state index contributed by atoms with van der Waals surface area (Å²) in [6, 6.07) is 0. The molecule has 0 unspecified atom stereocenters. The van der Waals surface area contributed by atoms with Crippen LogP contribution in [-0.4, -0.2) is 14.1 Å². The largest absolute Gasteiger partial charge is 0.261 e. The van der Waals surface area contributed by atoms with E-state index in [0.29, 0.717) is 0 Å². The van der Waals surface area contributed by atoms with Gasteiger partial charge in [-0.25, -0.2) is 0 Å². The molecule has 0 nitrogen and oxygen atoms in total. The van der Waals surface area contributed by atoms with Crippen molar-refractivity contribution in [2.75, 3.05) is 0 Å². The molecule has 0 aromatic rings. The van der Waals surface area contributed by atoms with E-state index in [1.807, 2.05) is 0 Å². The summed E-state index contributed by atoms with van der Waals surface area (Å²) < 4.78 is 0. The Bertz CT molecular complexity index is 30.0. The number of hydrogen-bond donors (Lipinski definition) is 0. The van der Waals surface area contributed by atoms with Crippen molar-refractivity contribution in [2.24, 2.45) is 0 Å². The third-order valence-electron chi connectivity index (χ3n) is 1.73. The van der Waals surface area contributed by atoms with Crippen molar-refractivity contribution in [3.8, 4) is 0 Å². The summed E-state index contributed by atoms with van der Waals surface area (Å²) in [5.41, 5.74) is 0. The van der Waals surface area contributed by atoms with Crippen LogP contribution in [0, 0.1) is 40.8 Å². The summed E-state index contributed by atoms with van der Waals surface area (Å²) in [4.78, 5) is 0. The van der Waals surface area contributed by atoms with Crippen LogP contribution in [-0.2, 0) is 0 Å². The van der Waals surface area contributed by atoms with Gasteiger partial charge in [0.1, 0.15) is 0 Å². The second kappa shape index (κ2) is 8.88. The van der Waals surface area contributed by atoms with Crippen LogP contribution in [0.4, 0.5) is 0 Å². The van der Waals surface area contributed by atoms with E-state index in [0.717, 1.165) is 0 Å². The first-order valence-electron chi connectivity index (χ1n) is 3.35. The summed E-state index contributed by atoms with van der Waals surface area (Å²) in [6.07, 6.45) is 0. The first kappa shape index (κ1) is 12.5. The van der Waals surface area contributed by atoms with Crippen molar-refractivity contribution >= 4 is 14.1 Å². The summed E-state index contributed by atoms with van der Waals surface area (Å²) in [5.74, 6) is 0. The zero-order valence-electron chi connectivity index (χ0n) is 6.20. The van der Waals surface area contributed by atoms with Gasteiger partial charge >= 0.3 is 0 Å². The second-order valence-electron chi connectivity index (χ2n) is 2.09. The molecule has 0 saturated heterocycles. The number of rotatable bonds is 3. The Kier molecular flexibility index (Phi) is 13.9. The molecule has 0 saturated carbocycles. The molecule has 0 aromatic carbocycles. The van der Waals surface area contributed by atoms with Gasteiger partial charge in [0.25, 0.3) is 14.1 Å². The number of hydrogen-bond acceptors (Lipinski definition) is 0. The molecule has 0 bridgehead atoms. The zero-order valence-corrected chi connectivity index (χ0v) is 10.6. The van der Waals surface area contributed by atoms with Crippen molar-refractivity contribution in [3.05, 3.63) is 0 Å². The molecule has 0 aliphatic carbocycles. The molecule has 46 valence electrons. The Morgan fingerprint density at radius 1 is 0.875 bits per heavy atom. The molecule has 0 heterocycles. The minimum Gasteiger partial charge on any atom is -0.0967 e. The van der Waals surface area contributed by atoms with Crippen molar-refractivity contribution in [2.45, 2.75) is 36.6 Å². The van der Waals surface area contributed by atoms with Gasteiger partial charge in [-0.05, 0) is 0 Å². The maximum atomic E-state index is 2.32. The van der Waals surface area contributed by atoms with Crippen molar-refractivity contribution in [1.29, 1.82) is 0 Å². The Hall–Kier alpha value is 1.88. The molecule has 2 heteroatoms. The van der Waals surface area contributed by atoms with Crippen LogP contribution in [0.5, 0.6) is 0 Å². The van der Waals surface area contributed by atoms with E-state index in [2.05, 4.69) is 20.8 Å². The SMILES string of the molecule is C[CH2][Al]([CH2]C)[CH2]C.[Nd]. The van der Waals surface area contributed by atoms with Crippen molar-refractivity contribution in [3.63, 3.8) is 0 Å². The fourth-order valence-corrected chi connectivity index (χ4v) is 2.60. The molecule has 0 amide bonds. The molecule has 0 radical (unpaired) electrons. The van der Waals surface area contributed by atoms with Crippen LogP contribution < -0.4 is 0 Å². The summed E-state index contributed by atoms with van der Waals surface area (Å²) in [7, 11) is 0. The topological polar surface area (TPSA) is 0 Å². The predicted molar refractivity (Wildman–Crippen MR) is 37.2 cm³/mol. The first-order valence-corrected chi connectivity index (χ1v) is 5.80. The van der Waals surface area contributed by atoms with E-state index in [1.54, 1.807) is 0 Å². The first-order chi connectivity index (χ1) is 3.35. The molecule has 0 spiro atoms. The van der Waals surface area contributed by atoms with Crippen molar-refractivity contribution < 1.29 is 40.8 Å². The summed E-state index contributed by atoms with van der Waals surface area (Å²) in [5, 5.41) is 4.48. The van der Waals surface area contributed by atoms with E-state index < -0.39 is 0 Å². The van der Waals surface area contributed by atoms with Gasteiger partial charge in [0.15, 0.2) is 0 Å². The average molecular weight is 258 g/mol. The summed E-state index contributed by atoms with van der Waals surface area (Å²) in [6.45, 7) is 6.97. The molecule has 0 rings (SSSR count). The molecule has 0 fully saturated rings. The Balaban J connectivity index is 0. The monoisotopic (exact) mass is 256 g/mol. The van der Waals surface area contributed by atoms with Gasteiger partial charge in [0.05, 0.1) is 0 Å². The fourth-order valence-electron chi connectivity index (χ4n) is 0.866. The smallest absolute Gasteiger partial charge is 0.0967 e. The van der Waals surface area contributed by atoms with Crippen LogP contribution in [0.15, 0.2) is 0 Å². The Morgan fingerprint density at radius 3 is 1.12 bits per heavy atom. The second-order valence-corrected chi connectivity index (χ2v) is 6.27. The van der Waals surface area contributed by atoms with E-state index in [9.17, 15) is 0 Å². The normalized spacial score (nSPS) is 7.88. The van der Waals surface area contributed by atoms with E-state index in [4.69, 9.17) is 0 Å². The van der Waals surface area contributed by atoms with Crippen LogP contribution in [0.2, 0.25) is 15.8 Å². The standard InChI is InChI=1S/3C2H5.Al.Nd/c3*1-2;;/h3*1H2,2H3;;. The zero-order chi connectivity index (χ0) is 5.70. The van der Waals surface area contributed by atoms with Crippen LogP contribution in [0.1, 0.15) is 20.8 Å². The van der Waals surface area contributed by atoms with Crippen molar-refractivity contribution in [1.82, 2.24) is 0 Å². The quantitative estimate of drug-likeness (QED) is 0.683. The minimum atomic E-state index is -0.171. The van der Waals surface area contributed by atoms with E-state index >= 15 is 0 Å². The van der Waals surface area contributed by atoms with Gasteiger partial charge in [-0.3, -0.25) is 0 Å². The van der Waals surface area contributed by atoms with Crippen LogP contribution in [0.25, 0.3) is 0 Å². The Labute approximate surface area is 90.3 Å². The third-order valence-corrected chi connectivity index (χ3v) is 5.20. The third kappa shape index (κ3) is 6.01. The molecule has 0 N–H and O–H groups in total. The minimum absolute atomic E-state index is 0. The van der Waals surface area contributed by atoms with Gasteiger partial charge in [-0.1, -0.05) is 36.6 Å². The van der Waals surface area contributed by atoms with E-state index in [1.165, 1.54) is 15.8 Å². The molecular weight excluding hydrogens is 243 g/mol. The van der Waals surface area contributed by atoms with Gasteiger partial charge in [-0.15, -0.1) is 0 Å². The van der Waals surface area contributed by atoms with Crippen LogP contribution in [0.3, 0.4) is 0 Å². The molecule has 0 aromatic heterocycles. The molecule has 0 atom stereocenters. The van der Waals surface area contributed by atoms with Gasteiger partial charge in [0.2, 0.25) is 0 Å². The van der Waals surface area contributed by atoms with E-state index in [-0.39, 0.29) is 55.0 Å². The van der Waals surface area contributed by atoms with Gasteiger partial charge in [0, 0.05) is 40.8 Å². The Morgan fingerprint density at radius 2 is 1.12 bits per heavy atom. The molecule has 0 aliphatic rings. The molecular formula is C6H15AlNd. The van der Waals surface area contributed by atoms with Gasteiger partial charge in [-0.2, -0.15) is 0 Å². The maximum Gasteiger partial charge on any atom is 0.261 e. The predicted octanol–water partition coefficient (Wildman–Crippen LogP) is 2.54. The average Bonchev–Trinajstić information content (AvgIpc) is 1.72. The van der Waals surface area contributed by atoms with Gasteiger partial charge < -0.3 is 0 Å². The maximum absolute atomic E-state index is 2.32. The summed E-state index contributed by atoms with van der Waals surface area (Å²) >= 11 is -0.171. The molecule has 0 aliphatic heterocycles. The van der Waals surface area contributed by atoms with Crippen LogP contribution >= 0.6 is 0 Å².